The van der Waals surface area contributed by atoms with Crippen molar-refractivity contribution < 1.29 is 0 Å². The van der Waals surface area contributed by atoms with E-state index in [0.29, 0.717) is 26.3 Å². The van der Waals surface area contributed by atoms with E-state index in [2.05, 4.69) is 19.9 Å². The molecule has 4 rings (SSSR count). The van der Waals surface area contributed by atoms with Crippen LogP contribution in [0.1, 0.15) is 0 Å². The minimum atomic E-state index is -0.542. The molecule has 0 bridgehead atoms. The topological polar surface area (TPSA) is 91.5 Å². The molecule has 4 aromatic rings. The second kappa shape index (κ2) is 4.35. The lowest BCUT2D eigenvalue weighted by molar-refractivity contribution is 1.09. The van der Waals surface area contributed by atoms with Gasteiger partial charge >= 0.3 is 5.69 Å². The van der Waals surface area contributed by atoms with Crippen LogP contribution in [0.5, 0.6) is 0 Å². The Bertz CT molecular complexity index is 1080. The van der Waals surface area contributed by atoms with Crippen LogP contribution in [-0.2, 0) is 0 Å². The monoisotopic (exact) mass is 296 g/mol. The van der Waals surface area contributed by atoms with Gasteiger partial charge in [-0.3, -0.25) is 9.78 Å². The van der Waals surface area contributed by atoms with E-state index >= 15 is 0 Å². The van der Waals surface area contributed by atoms with Gasteiger partial charge in [0.05, 0.1) is 17.4 Å². The highest BCUT2D eigenvalue weighted by Gasteiger charge is 2.13. The van der Waals surface area contributed by atoms with Crippen molar-refractivity contribution in [3.05, 3.63) is 57.4 Å². The zero-order valence-corrected chi connectivity index (χ0v) is 11.4. The van der Waals surface area contributed by atoms with Gasteiger partial charge < -0.3 is 4.98 Å². The fourth-order valence-electron chi connectivity index (χ4n) is 2.20. The molecule has 6 nitrogen and oxygen atoms in total. The summed E-state index contributed by atoms with van der Waals surface area (Å²) in [6, 6.07) is 9.62. The summed E-state index contributed by atoms with van der Waals surface area (Å²) in [4.78, 5) is 37.6. The lowest BCUT2D eigenvalue weighted by Gasteiger charge is -1.99. The number of H-pyrrole nitrogens is 2. The predicted molar refractivity (Wildman–Crippen MR) is 81.6 cm³/mol. The number of aromatic nitrogens is 4. The minimum absolute atomic E-state index is 0.417. The van der Waals surface area contributed by atoms with Gasteiger partial charge in [-0.15, -0.1) is 11.3 Å². The molecule has 0 aliphatic carbocycles. The molecule has 7 heteroatoms. The number of aromatic amines is 2. The molecule has 1 aromatic carbocycles. The molecule has 3 aromatic heterocycles. The molecule has 2 N–H and O–H groups in total. The van der Waals surface area contributed by atoms with E-state index in [0.717, 1.165) is 5.56 Å². The molecule has 0 saturated carbocycles. The average Bonchev–Trinajstić information content (AvgIpc) is 2.86. The van der Waals surface area contributed by atoms with Gasteiger partial charge in [0, 0.05) is 5.56 Å². The quantitative estimate of drug-likeness (QED) is 0.561. The van der Waals surface area contributed by atoms with Crippen LogP contribution in [0.4, 0.5) is 0 Å². The third-order valence-electron chi connectivity index (χ3n) is 3.14. The van der Waals surface area contributed by atoms with Gasteiger partial charge in [-0.2, -0.15) is 0 Å². The van der Waals surface area contributed by atoms with Gasteiger partial charge in [0.25, 0.3) is 5.56 Å². The zero-order valence-electron chi connectivity index (χ0n) is 10.6. The molecule has 0 aliphatic heterocycles. The van der Waals surface area contributed by atoms with Crippen molar-refractivity contribution in [2.24, 2.45) is 0 Å². The number of nitrogens with one attached hydrogen (secondary N) is 2. The Labute approximate surface area is 121 Å². The molecular weight excluding hydrogens is 288 g/mol. The van der Waals surface area contributed by atoms with Crippen molar-refractivity contribution in [1.29, 1.82) is 0 Å². The van der Waals surface area contributed by atoms with E-state index in [9.17, 15) is 9.59 Å². The number of thiophene rings is 1. The van der Waals surface area contributed by atoms with Crippen LogP contribution < -0.4 is 11.2 Å². The summed E-state index contributed by atoms with van der Waals surface area (Å²) in [7, 11) is 0. The second-order valence-electron chi connectivity index (χ2n) is 4.49. The summed E-state index contributed by atoms with van der Waals surface area (Å²) >= 11 is 1.21. The lowest BCUT2D eigenvalue weighted by Crippen LogP contribution is -2.20. The number of hydrogen-bond acceptors (Lipinski definition) is 5. The Morgan fingerprint density at radius 1 is 1.05 bits per heavy atom. The zero-order chi connectivity index (χ0) is 14.4. The molecule has 0 saturated heterocycles. The Kier molecular flexibility index (Phi) is 2.48. The molecule has 102 valence electrons. The highest BCUT2D eigenvalue weighted by Crippen LogP contribution is 2.28. The molecule has 0 radical (unpaired) electrons. The maximum atomic E-state index is 11.8. The van der Waals surface area contributed by atoms with Crippen molar-refractivity contribution in [3.63, 3.8) is 0 Å². The van der Waals surface area contributed by atoms with Crippen LogP contribution in [0.15, 0.2) is 46.1 Å². The fraction of sp³-hybridized carbons (Fsp3) is 0. The number of nitrogens with zero attached hydrogens (tertiary/aromatic N) is 2. The number of rotatable bonds is 1. The van der Waals surface area contributed by atoms with Gasteiger partial charge in [-0.1, -0.05) is 30.3 Å². The number of hydrogen-bond donors (Lipinski definition) is 2. The van der Waals surface area contributed by atoms with Crippen molar-refractivity contribution >= 4 is 31.9 Å². The highest BCUT2D eigenvalue weighted by atomic mass is 32.1. The Hall–Kier alpha value is -2.80. The van der Waals surface area contributed by atoms with Crippen molar-refractivity contribution in [2.45, 2.75) is 0 Å². The van der Waals surface area contributed by atoms with Gasteiger partial charge in [-0.05, 0) is 0 Å². The van der Waals surface area contributed by atoms with Gasteiger partial charge in [0.15, 0.2) is 0 Å². The molecular formula is C14H8N4O2S. The fourth-order valence-corrected chi connectivity index (χ4v) is 3.14. The van der Waals surface area contributed by atoms with E-state index in [1.165, 1.54) is 11.3 Å². The molecule has 0 atom stereocenters. The predicted octanol–water partition coefficient (Wildman–Crippen LogP) is 1.89. The molecule has 0 fully saturated rings. The van der Waals surface area contributed by atoms with E-state index in [4.69, 9.17) is 0 Å². The molecule has 21 heavy (non-hydrogen) atoms. The first-order valence-electron chi connectivity index (χ1n) is 6.19. The van der Waals surface area contributed by atoms with Crippen molar-refractivity contribution in [3.8, 4) is 11.3 Å². The van der Waals surface area contributed by atoms with Crippen LogP contribution in [0, 0.1) is 0 Å². The third kappa shape index (κ3) is 1.86. The first kappa shape index (κ1) is 12.0. The maximum Gasteiger partial charge on any atom is 0.326 e. The summed E-state index contributed by atoms with van der Waals surface area (Å²) in [5.74, 6) is 0. The maximum absolute atomic E-state index is 11.8. The van der Waals surface area contributed by atoms with Crippen molar-refractivity contribution in [1.82, 2.24) is 19.9 Å². The van der Waals surface area contributed by atoms with Gasteiger partial charge in [0.2, 0.25) is 0 Å². The first-order valence-corrected chi connectivity index (χ1v) is 7.01. The standard InChI is InChI=1S/C14H8N4O2S/c19-12-11-9(17-14(20)18-12)10-13(21-11)15-6-8(16-10)7-4-2-1-3-5-7/h1-6H,(H2,17,18,19,20). The van der Waals surface area contributed by atoms with Crippen LogP contribution in [-0.4, -0.2) is 19.9 Å². The molecule has 0 aliphatic rings. The molecule has 0 spiro atoms. The number of benzene rings is 1. The normalized spacial score (nSPS) is 11.2. The SMILES string of the molecule is O=c1[nH]c(=O)c2sc3ncc(-c4ccccc4)nc3c2[nH]1. The molecule has 0 unspecified atom stereocenters. The Morgan fingerprint density at radius 3 is 2.67 bits per heavy atom. The second-order valence-corrected chi connectivity index (χ2v) is 5.49. The van der Waals surface area contributed by atoms with E-state index in [-0.39, 0.29) is 0 Å². The first-order chi connectivity index (χ1) is 10.2. The Morgan fingerprint density at radius 2 is 1.86 bits per heavy atom. The average molecular weight is 296 g/mol. The summed E-state index contributed by atoms with van der Waals surface area (Å²) in [5, 5.41) is 0. The summed E-state index contributed by atoms with van der Waals surface area (Å²) < 4.78 is 0.426. The Balaban J connectivity index is 2.09. The summed E-state index contributed by atoms with van der Waals surface area (Å²) in [5.41, 5.74) is 1.65. The van der Waals surface area contributed by atoms with Crippen molar-refractivity contribution in [2.75, 3.05) is 0 Å². The molecule has 0 amide bonds. The molecule has 3 heterocycles. The van der Waals surface area contributed by atoms with Crippen LogP contribution in [0.3, 0.4) is 0 Å². The summed E-state index contributed by atoms with van der Waals surface area (Å²) in [6.07, 6.45) is 1.67. The van der Waals surface area contributed by atoms with E-state index < -0.39 is 11.2 Å². The summed E-state index contributed by atoms with van der Waals surface area (Å²) in [6.45, 7) is 0. The largest absolute Gasteiger partial charge is 0.326 e. The van der Waals surface area contributed by atoms with Gasteiger partial charge in [0.1, 0.15) is 15.0 Å². The third-order valence-corrected chi connectivity index (χ3v) is 4.23. The van der Waals surface area contributed by atoms with Crippen LogP contribution >= 0.6 is 11.3 Å². The lowest BCUT2D eigenvalue weighted by atomic mass is 10.2. The smallest absolute Gasteiger partial charge is 0.304 e. The van der Waals surface area contributed by atoms with Gasteiger partial charge in [-0.25, -0.2) is 14.8 Å². The number of fused-ring (bicyclic) bond motifs is 3. The van der Waals surface area contributed by atoms with E-state index in [1.54, 1.807) is 6.20 Å². The van der Waals surface area contributed by atoms with Crippen LogP contribution in [0.2, 0.25) is 0 Å². The highest BCUT2D eigenvalue weighted by molar-refractivity contribution is 7.25. The van der Waals surface area contributed by atoms with Crippen LogP contribution in [0.25, 0.3) is 31.8 Å². The minimum Gasteiger partial charge on any atom is -0.304 e. The van der Waals surface area contributed by atoms with E-state index in [1.807, 2.05) is 30.3 Å².